The minimum atomic E-state index is -0.0131. The molecule has 0 bridgehead atoms. The van der Waals surface area contributed by atoms with Crippen LogP contribution in [0.25, 0.3) is 11.1 Å². The fourth-order valence-electron chi connectivity index (χ4n) is 4.74. The Kier molecular flexibility index (Phi) is 6.22. The molecule has 1 amide bonds. The minimum absolute atomic E-state index is 0.0131. The highest BCUT2D eigenvalue weighted by atomic mass is 16.1. The van der Waals surface area contributed by atoms with E-state index in [4.69, 9.17) is 0 Å². The van der Waals surface area contributed by atoms with E-state index in [1.807, 2.05) is 18.2 Å². The maximum Gasteiger partial charge on any atom is 0.255 e. The monoisotopic (exact) mass is 399 g/mol. The third-order valence-corrected chi connectivity index (χ3v) is 7.04. The van der Waals surface area contributed by atoms with Crippen LogP contribution in [0.2, 0.25) is 0 Å². The molecule has 2 aliphatic carbocycles. The summed E-state index contributed by atoms with van der Waals surface area (Å²) in [4.78, 5) is 12.7. The van der Waals surface area contributed by atoms with Crippen LogP contribution < -0.4 is 5.32 Å². The zero-order chi connectivity index (χ0) is 21.1. The average Bonchev–Trinajstić information content (AvgIpc) is 2.77. The summed E-state index contributed by atoms with van der Waals surface area (Å²) in [7, 11) is 0. The highest BCUT2D eigenvalue weighted by molar-refractivity contribution is 6.06. The van der Waals surface area contributed by atoms with Crippen LogP contribution in [0.5, 0.6) is 0 Å². The van der Waals surface area contributed by atoms with E-state index >= 15 is 0 Å². The Balaban J connectivity index is 1.35. The number of carbonyl (C=O) groups excluding carboxylic acids is 1. The number of anilines is 1. The van der Waals surface area contributed by atoms with Crippen LogP contribution >= 0.6 is 0 Å². The smallest absolute Gasteiger partial charge is 0.255 e. The molecule has 0 aromatic heterocycles. The number of benzene rings is 2. The summed E-state index contributed by atoms with van der Waals surface area (Å²) in [6, 6.07) is 14.6. The molecule has 4 rings (SSSR count). The van der Waals surface area contributed by atoms with Gasteiger partial charge in [0.25, 0.3) is 5.91 Å². The van der Waals surface area contributed by atoms with Gasteiger partial charge in [-0.1, -0.05) is 68.3 Å². The lowest BCUT2D eigenvalue weighted by Crippen LogP contribution is -2.22. The van der Waals surface area contributed by atoms with Crippen molar-refractivity contribution < 1.29 is 4.79 Å². The topological polar surface area (TPSA) is 29.1 Å². The summed E-state index contributed by atoms with van der Waals surface area (Å²) >= 11 is 0. The fourth-order valence-corrected chi connectivity index (χ4v) is 4.74. The largest absolute Gasteiger partial charge is 0.322 e. The van der Waals surface area contributed by atoms with Crippen molar-refractivity contribution in [2.75, 3.05) is 5.32 Å². The molecule has 2 aromatic carbocycles. The first-order valence-corrected chi connectivity index (χ1v) is 11.4. The number of aryl methyl sites for hydroxylation is 2. The number of carbonyl (C=O) groups is 1. The van der Waals surface area contributed by atoms with Crippen LogP contribution in [-0.4, -0.2) is 5.91 Å². The van der Waals surface area contributed by atoms with Gasteiger partial charge in [0.2, 0.25) is 0 Å². The van der Waals surface area contributed by atoms with Gasteiger partial charge in [-0.3, -0.25) is 4.79 Å². The molecule has 2 nitrogen and oxygen atoms in total. The zero-order valence-corrected chi connectivity index (χ0v) is 18.4. The van der Waals surface area contributed by atoms with Gasteiger partial charge in [-0.05, 0) is 85.3 Å². The van der Waals surface area contributed by atoms with Crippen molar-refractivity contribution in [1.29, 1.82) is 0 Å². The molecular formula is C28H33NO. The van der Waals surface area contributed by atoms with Crippen LogP contribution in [0.1, 0.15) is 50.2 Å². The van der Waals surface area contributed by atoms with Gasteiger partial charge in [0.05, 0.1) is 0 Å². The maximum absolute atomic E-state index is 12.7. The van der Waals surface area contributed by atoms with Gasteiger partial charge in [-0.2, -0.15) is 0 Å². The van der Waals surface area contributed by atoms with Crippen LogP contribution in [0.15, 0.2) is 66.3 Å². The van der Waals surface area contributed by atoms with Gasteiger partial charge in [0, 0.05) is 11.3 Å². The van der Waals surface area contributed by atoms with E-state index in [2.05, 4.69) is 68.6 Å². The number of hydrogen-bond acceptors (Lipinski definition) is 1. The van der Waals surface area contributed by atoms with Crippen molar-refractivity contribution in [3.8, 4) is 11.1 Å². The van der Waals surface area contributed by atoms with Gasteiger partial charge in [0.1, 0.15) is 0 Å². The van der Waals surface area contributed by atoms with E-state index in [0.717, 1.165) is 35.1 Å². The van der Waals surface area contributed by atoms with Gasteiger partial charge < -0.3 is 5.32 Å². The molecule has 0 aliphatic heterocycles. The molecule has 1 atom stereocenters. The minimum Gasteiger partial charge on any atom is -0.322 e. The first-order valence-electron chi connectivity index (χ1n) is 11.4. The molecule has 1 unspecified atom stereocenters. The lowest BCUT2D eigenvalue weighted by molar-refractivity contribution is -0.112. The molecular weight excluding hydrogens is 366 g/mol. The predicted molar refractivity (Wildman–Crippen MR) is 126 cm³/mol. The van der Waals surface area contributed by atoms with Crippen molar-refractivity contribution in [3.05, 3.63) is 77.4 Å². The fraction of sp³-hybridized carbons (Fsp3) is 0.393. The van der Waals surface area contributed by atoms with Crippen LogP contribution in [0, 0.1) is 31.6 Å². The summed E-state index contributed by atoms with van der Waals surface area (Å²) in [6.07, 6.45) is 12.8. The molecule has 156 valence electrons. The van der Waals surface area contributed by atoms with E-state index < -0.39 is 0 Å². The average molecular weight is 400 g/mol. The van der Waals surface area contributed by atoms with E-state index in [1.165, 1.54) is 42.4 Å². The van der Waals surface area contributed by atoms with Crippen LogP contribution in [0.4, 0.5) is 5.69 Å². The second kappa shape index (κ2) is 9.04. The van der Waals surface area contributed by atoms with Crippen molar-refractivity contribution >= 4 is 11.6 Å². The normalized spacial score (nSPS) is 23.7. The molecule has 0 radical (unpaired) electrons. The zero-order valence-electron chi connectivity index (χ0n) is 18.4. The second-order valence-corrected chi connectivity index (χ2v) is 9.27. The Morgan fingerprint density at radius 2 is 1.60 bits per heavy atom. The summed E-state index contributed by atoms with van der Waals surface area (Å²) in [5, 5.41) is 3.05. The van der Waals surface area contributed by atoms with E-state index in [1.54, 1.807) is 0 Å². The Morgan fingerprint density at radius 3 is 2.23 bits per heavy atom. The highest BCUT2D eigenvalue weighted by Gasteiger charge is 2.25. The molecule has 1 saturated carbocycles. The number of rotatable bonds is 4. The molecule has 1 N–H and O–H groups in total. The molecule has 30 heavy (non-hydrogen) atoms. The quantitative estimate of drug-likeness (QED) is 0.577. The molecule has 1 fully saturated rings. The Hall–Kier alpha value is -2.61. The van der Waals surface area contributed by atoms with Crippen molar-refractivity contribution in [3.63, 3.8) is 0 Å². The van der Waals surface area contributed by atoms with Crippen LogP contribution in [-0.2, 0) is 4.79 Å². The predicted octanol–water partition coefficient (Wildman–Crippen LogP) is 7.24. The summed E-state index contributed by atoms with van der Waals surface area (Å²) in [5.41, 5.74) is 6.59. The first kappa shape index (κ1) is 20.7. The molecule has 2 aromatic rings. The third kappa shape index (κ3) is 4.75. The maximum atomic E-state index is 12.7. The molecule has 0 heterocycles. The lowest BCUT2D eigenvalue weighted by Gasteiger charge is -2.32. The van der Waals surface area contributed by atoms with Crippen LogP contribution in [0.3, 0.4) is 0 Å². The Labute approximate surface area is 181 Å². The van der Waals surface area contributed by atoms with Crippen molar-refractivity contribution in [1.82, 2.24) is 0 Å². The SMILES string of the molecule is Cc1ccc(-c2ccc(NC(=O)C3=CCC(C4CCC(C)CC4)C=C3)cc2)cc1C. The number of nitrogens with one attached hydrogen (secondary N) is 1. The number of allylic oxidation sites excluding steroid dienone is 2. The standard InChI is InChI=1S/C28H33NO/c1-19-4-7-22(8-5-19)23-10-12-25(13-11-23)28(30)29-27-16-14-24(15-17-27)26-9-6-20(2)21(3)18-26/h6,9-10,12-19,22-23H,4-5,7-8,11H2,1-3H3,(H,29,30). The molecule has 0 saturated heterocycles. The Bertz CT molecular complexity index is 959. The highest BCUT2D eigenvalue weighted by Crippen LogP contribution is 2.37. The van der Waals surface area contributed by atoms with Gasteiger partial charge in [-0.25, -0.2) is 0 Å². The lowest BCUT2D eigenvalue weighted by atomic mass is 9.74. The first-order chi connectivity index (χ1) is 14.5. The second-order valence-electron chi connectivity index (χ2n) is 9.27. The van der Waals surface area contributed by atoms with Gasteiger partial charge >= 0.3 is 0 Å². The van der Waals surface area contributed by atoms with Gasteiger partial charge in [-0.15, -0.1) is 0 Å². The summed E-state index contributed by atoms with van der Waals surface area (Å²) in [5.74, 6) is 2.26. The third-order valence-electron chi connectivity index (χ3n) is 7.04. The molecule has 2 aliphatic rings. The van der Waals surface area contributed by atoms with E-state index in [9.17, 15) is 4.79 Å². The van der Waals surface area contributed by atoms with Gasteiger partial charge in [0.15, 0.2) is 0 Å². The number of amides is 1. The summed E-state index contributed by atoms with van der Waals surface area (Å²) < 4.78 is 0. The molecule has 2 heteroatoms. The van der Waals surface area contributed by atoms with E-state index in [0.29, 0.717) is 5.92 Å². The van der Waals surface area contributed by atoms with E-state index in [-0.39, 0.29) is 5.91 Å². The summed E-state index contributed by atoms with van der Waals surface area (Å²) in [6.45, 7) is 6.63. The Morgan fingerprint density at radius 1 is 0.900 bits per heavy atom. The van der Waals surface area contributed by atoms with Crippen molar-refractivity contribution in [2.24, 2.45) is 17.8 Å². The van der Waals surface area contributed by atoms with Crippen molar-refractivity contribution in [2.45, 2.75) is 52.9 Å². The number of hydrogen-bond donors (Lipinski definition) is 1. The molecule has 0 spiro atoms.